The summed E-state index contributed by atoms with van der Waals surface area (Å²) in [7, 11) is 0. The van der Waals surface area contributed by atoms with Gasteiger partial charge in [0.2, 0.25) is 0 Å². The fraction of sp³-hybridized carbons (Fsp3) is 0.185. The second-order valence-electron chi connectivity index (χ2n) is 8.28. The maximum atomic E-state index is 13.3. The Kier molecular flexibility index (Phi) is 7.97. The van der Waals surface area contributed by atoms with Gasteiger partial charge in [-0.25, -0.2) is 9.78 Å². The molecular weight excluding hydrogens is 478 g/mol. The summed E-state index contributed by atoms with van der Waals surface area (Å²) in [5.41, 5.74) is 3.19. The van der Waals surface area contributed by atoms with Crippen LogP contribution in [0, 0.1) is 5.41 Å². The summed E-state index contributed by atoms with van der Waals surface area (Å²) in [6, 6.07) is 21.3. The molecular formula is C27H26ClN5O3. The number of halogens is 1. The Labute approximate surface area is 213 Å². The summed E-state index contributed by atoms with van der Waals surface area (Å²) in [5.74, 6) is -0.776. The standard InChI is InChI=1S/C27H26ClN5O3/c28-16-24(29)30-14-6-11-23(25-31-21-9-4-5-10-22(21)32-25)33-26(34)19-13-12-18(15-20(19)27(35)36)17-7-2-1-3-8-17/h1-5,7-10,12-13,15,23H,6,11,14,16H2,(H2,29,30)(H,31,32)(H,33,34)(H,35,36). The van der Waals surface area contributed by atoms with Gasteiger partial charge in [0.1, 0.15) is 11.7 Å². The Morgan fingerprint density at radius 3 is 2.47 bits per heavy atom. The number of hydrogen-bond donors (Lipinski definition) is 5. The molecule has 1 aromatic heterocycles. The number of carboxylic acids is 1. The van der Waals surface area contributed by atoms with Crippen LogP contribution in [0.3, 0.4) is 0 Å². The van der Waals surface area contributed by atoms with Gasteiger partial charge in [-0.05, 0) is 48.2 Å². The van der Waals surface area contributed by atoms with E-state index in [4.69, 9.17) is 17.0 Å². The number of carbonyl (C=O) groups is 2. The molecule has 1 amide bonds. The quantitative estimate of drug-likeness (QED) is 0.0900. The van der Waals surface area contributed by atoms with Gasteiger partial charge < -0.3 is 20.7 Å². The minimum absolute atomic E-state index is 0.0744. The zero-order valence-corrected chi connectivity index (χ0v) is 20.2. The van der Waals surface area contributed by atoms with E-state index in [9.17, 15) is 14.7 Å². The first-order chi connectivity index (χ1) is 17.5. The highest BCUT2D eigenvalue weighted by Gasteiger charge is 2.23. The van der Waals surface area contributed by atoms with E-state index in [0.29, 0.717) is 30.8 Å². The van der Waals surface area contributed by atoms with E-state index in [0.717, 1.165) is 16.6 Å². The predicted octanol–water partition coefficient (Wildman–Crippen LogP) is 4.99. The van der Waals surface area contributed by atoms with Crippen LogP contribution in [0.15, 0.2) is 72.8 Å². The number of nitrogens with zero attached hydrogens (tertiary/aromatic N) is 1. The fourth-order valence-electron chi connectivity index (χ4n) is 3.97. The lowest BCUT2D eigenvalue weighted by atomic mass is 9.98. The summed E-state index contributed by atoms with van der Waals surface area (Å²) >= 11 is 5.65. The summed E-state index contributed by atoms with van der Waals surface area (Å²) in [6.45, 7) is 0.504. The third-order valence-corrected chi connectivity index (χ3v) is 6.05. The first kappa shape index (κ1) is 24.9. The average molecular weight is 504 g/mol. The molecule has 3 aromatic carbocycles. The van der Waals surface area contributed by atoms with Crippen molar-refractivity contribution in [2.24, 2.45) is 0 Å². The first-order valence-corrected chi connectivity index (χ1v) is 12.0. The number of fused-ring (bicyclic) bond motifs is 1. The predicted molar refractivity (Wildman–Crippen MR) is 141 cm³/mol. The Hall–Kier alpha value is -4.17. The summed E-state index contributed by atoms with van der Waals surface area (Å²) < 4.78 is 0. The van der Waals surface area contributed by atoms with Gasteiger partial charge in [-0.15, -0.1) is 11.6 Å². The number of hydrogen-bond acceptors (Lipinski definition) is 4. The molecule has 5 N–H and O–H groups in total. The molecule has 4 aromatic rings. The lowest BCUT2D eigenvalue weighted by Crippen LogP contribution is -2.32. The summed E-state index contributed by atoms with van der Waals surface area (Å²) in [4.78, 5) is 33.3. The molecule has 0 aliphatic rings. The largest absolute Gasteiger partial charge is 0.478 e. The van der Waals surface area contributed by atoms with Crippen LogP contribution in [0.5, 0.6) is 0 Å². The van der Waals surface area contributed by atoms with Crippen molar-refractivity contribution >= 4 is 40.3 Å². The van der Waals surface area contributed by atoms with Gasteiger partial charge in [-0.2, -0.15) is 0 Å². The minimum Gasteiger partial charge on any atom is -0.478 e. The topological polar surface area (TPSA) is 131 Å². The molecule has 8 nitrogen and oxygen atoms in total. The maximum Gasteiger partial charge on any atom is 0.336 e. The molecule has 0 bridgehead atoms. The molecule has 0 aliphatic heterocycles. The number of carboxylic acid groups (broad SMARTS) is 1. The molecule has 4 rings (SSSR count). The van der Waals surface area contributed by atoms with Crippen LogP contribution < -0.4 is 10.6 Å². The molecule has 0 fully saturated rings. The number of aromatic carboxylic acids is 1. The zero-order valence-electron chi connectivity index (χ0n) is 19.4. The van der Waals surface area contributed by atoms with E-state index in [1.165, 1.54) is 6.07 Å². The normalized spacial score (nSPS) is 11.7. The van der Waals surface area contributed by atoms with Crippen molar-refractivity contribution in [2.75, 3.05) is 12.4 Å². The van der Waals surface area contributed by atoms with E-state index >= 15 is 0 Å². The number of aromatic nitrogens is 2. The molecule has 1 atom stereocenters. The maximum absolute atomic E-state index is 13.3. The van der Waals surface area contributed by atoms with Crippen molar-refractivity contribution in [2.45, 2.75) is 18.9 Å². The molecule has 0 radical (unpaired) electrons. The highest BCUT2D eigenvalue weighted by atomic mass is 35.5. The second kappa shape index (κ2) is 11.5. The fourth-order valence-corrected chi connectivity index (χ4v) is 4.07. The number of para-hydroxylation sites is 2. The highest BCUT2D eigenvalue weighted by molar-refractivity contribution is 6.27. The van der Waals surface area contributed by atoms with Gasteiger partial charge in [0.15, 0.2) is 0 Å². The monoisotopic (exact) mass is 503 g/mol. The van der Waals surface area contributed by atoms with Gasteiger partial charge >= 0.3 is 5.97 Å². The lowest BCUT2D eigenvalue weighted by Gasteiger charge is -2.18. The zero-order chi connectivity index (χ0) is 25.5. The first-order valence-electron chi connectivity index (χ1n) is 11.5. The van der Waals surface area contributed by atoms with E-state index in [1.54, 1.807) is 12.1 Å². The SMILES string of the molecule is N=C(CCl)NCCCC(NC(=O)c1ccc(-c2ccccc2)cc1C(=O)O)c1nc2ccccc2[nH]1. The van der Waals surface area contributed by atoms with Crippen LogP contribution in [0.4, 0.5) is 0 Å². The minimum atomic E-state index is -1.18. The average Bonchev–Trinajstić information content (AvgIpc) is 3.34. The smallest absolute Gasteiger partial charge is 0.336 e. The van der Waals surface area contributed by atoms with Crippen LogP contribution in [-0.4, -0.2) is 45.2 Å². The lowest BCUT2D eigenvalue weighted by molar-refractivity contribution is 0.0690. The van der Waals surface area contributed by atoms with Gasteiger partial charge in [-0.1, -0.05) is 48.5 Å². The van der Waals surface area contributed by atoms with E-state index in [-0.39, 0.29) is 22.8 Å². The molecule has 9 heteroatoms. The number of nitrogens with one attached hydrogen (secondary N) is 4. The third-order valence-electron chi connectivity index (χ3n) is 5.79. The van der Waals surface area contributed by atoms with E-state index in [2.05, 4.69) is 20.6 Å². The van der Waals surface area contributed by atoms with Crippen molar-refractivity contribution in [3.8, 4) is 11.1 Å². The van der Waals surface area contributed by atoms with Gasteiger partial charge in [0.25, 0.3) is 5.91 Å². The number of imidazole rings is 1. The van der Waals surface area contributed by atoms with Crippen LogP contribution in [0.1, 0.15) is 45.4 Å². The molecule has 1 heterocycles. The van der Waals surface area contributed by atoms with E-state index in [1.807, 2.05) is 54.6 Å². The number of amides is 1. The van der Waals surface area contributed by atoms with Crippen LogP contribution >= 0.6 is 11.6 Å². The van der Waals surface area contributed by atoms with Crippen molar-refractivity contribution in [1.82, 2.24) is 20.6 Å². The highest BCUT2D eigenvalue weighted by Crippen LogP contribution is 2.25. The van der Waals surface area contributed by atoms with Gasteiger partial charge in [0, 0.05) is 6.54 Å². The second-order valence-corrected chi connectivity index (χ2v) is 8.55. The van der Waals surface area contributed by atoms with Crippen LogP contribution in [0.2, 0.25) is 0 Å². The number of amidine groups is 1. The van der Waals surface area contributed by atoms with Crippen LogP contribution in [-0.2, 0) is 0 Å². The van der Waals surface area contributed by atoms with Crippen LogP contribution in [0.25, 0.3) is 22.2 Å². The van der Waals surface area contributed by atoms with E-state index < -0.39 is 17.9 Å². The van der Waals surface area contributed by atoms with Crippen molar-refractivity contribution in [3.63, 3.8) is 0 Å². The molecule has 0 spiro atoms. The van der Waals surface area contributed by atoms with Gasteiger partial charge in [0.05, 0.1) is 34.1 Å². The molecule has 0 saturated heterocycles. The number of rotatable bonds is 10. The van der Waals surface area contributed by atoms with Crippen molar-refractivity contribution < 1.29 is 14.7 Å². The molecule has 1 unspecified atom stereocenters. The van der Waals surface area contributed by atoms with Crippen molar-refractivity contribution in [1.29, 1.82) is 5.41 Å². The molecule has 184 valence electrons. The molecule has 0 saturated carbocycles. The third kappa shape index (κ3) is 5.90. The Bertz CT molecular complexity index is 1350. The number of carbonyl (C=O) groups excluding carboxylic acids is 1. The summed E-state index contributed by atoms with van der Waals surface area (Å²) in [5, 5.41) is 23.4. The Morgan fingerprint density at radius 2 is 1.75 bits per heavy atom. The summed E-state index contributed by atoms with van der Waals surface area (Å²) in [6.07, 6.45) is 1.14. The number of alkyl halides is 1. The molecule has 0 aliphatic carbocycles. The number of H-pyrrole nitrogens is 1. The van der Waals surface area contributed by atoms with Crippen molar-refractivity contribution in [3.05, 3.63) is 89.7 Å². The number of benzene rings is 3. The Balaban J connectivity index is 1.59. The van der Waals surface area contributed by atoms with Gasteiger partial charge in [-0.3, -0.25) is 10.2 Å². The number of aromatic amines is 1. The molecule has 36 heavy (non-hydrogen) atoms. The Morgan fingerprint density at radius 1 is 1.00 bits per heavy atom.